The Labute approximate surface area is 129 Å². The quantitative estimate of drug-likeness (QED) is 0.802. The molecule has 0 amide bonds. The Morgan fingerprint density at radius 2 is 1.86 bits per heavy atom. The van der Waals surface area contributed by atoms with E-state index in [0.717, 1.165) is 13.1 Å². The minimum atomic E-state index is 0.532. The van der Waals surface area contributed by atoms with Crippen LogP contribution in [0.15, 0.2) is 30.3 Å². The van der Waals surface area contributed by atoms with Crippen LogP contribution in [0, 0.1) is 6.92 Å². The molecule has 0 atom stereocenters. The van der Waals surface area contributed by atoms with Crippen LogP contribution in [0.1, 0.15) is 11.4 Å². The lowest BCUT2D eigenvalue weighted by atomic mass is 10.2. The third-order valence-corrected chi connectivity index (χ3v) is 3.36. The molecule has 0 unspecified atom stereocenters. The molecule has 3 rings (SSSR count). The number of morpholine rings is 1. The van der Waals surface area contributed by atoms with Crippen LogP contribution in [-0.2, 0) is 11.3 Å². The first-order valence-corrected chi connectivity index (χ1v) is 7.39. The second-order valence-electron chi connectivity index (χ2n) is 5.07. The van der Waals surface area contributed by atoms with Crippen molar-refractivity contribution in [3.05, 3.63) is 41.7 Å². The van der Waals surface area contributed by atoms with Gasteiger partial charge in [0, 0.05) is 19.6 Å². The molecule has 116 valence electrons. The number of anilines is 2. The van der Waals surface area contributed by atoms with Crippen molar-refractivity contribution >= 4 is 11.9 Å². The Morgan fingerprint density at radius 3 is 2.64 bits per heavy atom. The van der Waals surface area contributed by atoms with Gasteiger partial charge in [-0.15, -0.1) is 0 Å². The summed E-state index contributed by atoms with van der Waals surface area (Å²) in [6, 6.07) is 10.2. The first kappa shape index (κ1) is 14.7. The number of ether oxygens (including phenoxy) is 1. The highest BCUT2D eigenvalue weighted by atomic mass is 16.5. The maximum atomic E-state index is 5.35. The fourth-order valence-corrected chi connectivity index (χ4v) is 2.25. The van der Waals surface area contributed by atoms with Crippen molar-refractivity contribution in [2.45, 2.75) is 13.5 Å². The van der Waals surface area contributed by atoms with Crippen molar-refractivity contribution in [1.29, 1.82) is 0 Å². The maximum Gasteiger partial charge on any atom is 0.242 e. The number of aromatic nitrogens is 3. The van der Waals surface area contributed by atoms with Gasteiger partial charge in [0.1, 0.15) is 5.82 Å². The highest BCUT2D eigenvalue weighted by Crippen LogP contribution is 2.12. The summed E-state index contributed by atoms with van der Waals surface area (Å²) in [6.07, 6.45) is 0. The van der Waals surface area contributed by atoms with Crippen LogP contribution in [0.4, 0.5) is 11.9 Å². The van der Waals surface area contributed by atoms with Crippen molar-refractivity contribution in [3.63, 3.8) is 0 Å². The molecule has 1 fully saturated rings. The smallest absolute Gasteiger partial charge is 0.242 e. The molecule has 2 N–H and O–H groups in total. The Bertz CT molecular complexity index is 600. The summed E-state index contributed by atoms with van der Waals surface area (Å²) in [5.41, 5.74) is 7.36. The molecule has 2 heterocycles. The van der Waals surface area contributed by atoms with Crippen molar-refractivity contribution < 1.29 is 4.74 Å². The maximum absolute atomic E-state index is 5.35. The molecule has 0 saturated carbocycles. The largest absolute Gasteiger partial charge is 0.378 e. The first-order chi connectivity index (χ1) is 10.8. The monoisotopic (exact) mass is 300 g/mol. The lowest BCUT2D eigenvalue weighted by Crippen LogP contribution is -2.37. The summed E-state index contributed by atoms with van der Waals surface area (Å²) in [4.78, 5) is 15.3. The van der Waals surface area contributed by atoms with E-state index in [9.17, 15) is 0 Å². The molecule has 2 aromatic rings. The summed E-state index contributed by atoms with van der Waals surface area (Å²) in [5, 5.41) is 0. The zero-order valence-electron chi connectivity index (χ0n) is 12.6. The predicted octanol–water partition coefficient (Wildman–Crippen LogP) is 1.13. The highest BCUT2D eigenvalue weighted by molar-refractivity contribution is 5.36. The van der Waals surface area contributed by atoms with E-state index < -0.39 is 0 Å². The summed E-state index contributed by atoms with van der Waals surface area (Å²) in [5.74, 6) is 1.92. The van der Waals surface area contributed by atoms with Crippen LogP contribution in [-0.4, -0.2) is 41.3 Å². The molecule has 1 aromatic carbocycles. The fourth-order valence-electron chi connectivity index (χ4n) is 2.25. The Kier molecular flexibility index (Phi) is 4.77. The van der Waals surface area contributed by atoms with E-state index in [1.54, 1.807) is 0 Å². The van der Waals surface area contributed by atoms with Gasteiger partial charge in [-0.1, -0.05) is 30.3 Å². The molecule has 7 nitrogen and oxygen atoms in total. The second kappa shape index (κ2) is 7.15. The Balaban J connectivity index is 1.62. The average molecular weight is 300 g/mol. The van der Waals surface area contributed by atoms with E-state index in [1.165, 1.54) is 5.56 Å². The number of hydrogen-bond acceptors (Lipinski definition) is 7. The molecular weight excluding hydrogens is 280 g/mol. The molecule has 7 heteroatoms. The highest BCUT2D eigenvalue weighted by Gasteiger charge is 2.15. The van der Waals surface area contributed by atoms with E-state index in [-0.39, 0.29) is 0 Å². The van der Waals surface area contributed by atoms with Gasteiger partial charge in [0.15, 0.2) is 0 Å². The topological polar surface area (TPSA) is 75.2 Å². The third kappa shape index (κ3) is 3.90. The van der Waals surface area contributed by atoms with Gasteiger partial charge >= 0.3 is 0 Å². The number of hydrogen-bond donors (Lipinski definition) is 2. The third-order valence-electron chi connectivity index (χ3n) is 3.36. The van der Waals surface area contributed by atoms with E-state index >= 15 is 0 Å². The van der Waals surface area contributed by atoms with Crippen LogP contribution in [0.3, 0.4) is 0 Å². The van der Waals surface area contributed by atoms with E-state index in [2.05, 4.69) is 42.8 Å². The zero-order chi connectivity index (χ0) is 15.2. The lowest BCUT2D eigenvalue weighted by Gasteiger charge is -2.27. The zero-order valence-corrected chi connectivity index (χ0v) is 12.6. The van der Waals surface area contributed by atoms with Crippen LogP contribution < -0.4 is 15.8 Å². The molecule has 1 aliphatic heterocycles. The minimum absolute atomic E-state index is 0.532. The van der Waals surface area contributed by atoms with E-state index in [4.69, 9.17) is 4.74 Å². The number of nitrogens with zero attached hydrogens (tertiary/aromatic N) is 4. The predicted molar refractivity (Wildman–Crippen MR) is 84.5 cm³/mol. The number of nitrogens with one attached hydrogen (secondary N) is 2. The number of hydrazine groups is 1. The van der Waals surface area contributed by atoms with Crippen LogP contribution >= 0.6 is 0 Å². The number of benzene rings is 1. The molecule has 1 aliphatic rings. The van der Waals surface area contributed by atoms with E-state index in [0.29, 0.717) is 37.5 Å². The van der Waals surface area contributed by atoms with Gasteiger partial charge in [-0.2, -0.15) is 15.0 Å². The van der Waals surface area contributed by atoms with Crippen molar-refractivity contribution in [2.75, 3.05) is 36.6 Å². The lowest BCUT2D eigenvalue weighted by molar-refractivity contribution is 0.122. The van der Waals surface area contributed by atoms with Gasteiger partial charge in [-0.25, -0.2) is 5.43 Å². The molecular formula is C15H20N6O. The SMILES string of the molecule is Cc1nc(NNCc2ccccc2)nc(N2CCOCC2)n1. The fraction of sp³-hybridized carbons (Fsp3) is 0.400. The summed E-state index contributed by atoms with van der Waals surface area (Å²) >= 11 is 0. The molecule has 0 bridgehead atoms. The van der Waals surface area contributed by atoms with E-state index in [1.807, 2.05) is 25.1 Å². The minimum Gasteiger partial charge on any atom is -0.378 e. The summed E-state index contributed by atoms with van der Waals surface area (Å²) in [6.45, 7) is 5.59. The summed E-state index contributed by atoms with van der Waals surface area (Å²) < 4.78 is 5.35. The number of rotatable bonds is 5. The van der Waals surface area contributed by atoms with Crippen LogP contribution in [0.25, 0.3) is 0 Å². The Hall–Kier alpha value is -2.25. The molecule has 22 heavy (non-hydrogen) atoms. The number of aryl methyl sites for hydroxylation is 1. The molecule has 0 spiro atoms. The van der Waals surface area contributed by atoms with Gasteiger partial charge < -0.3 is 9.64 Å². The average Bonchev–Trinajstić information content (AvgIpc) is 2.56. The second-order valence-corrected chi connectivity index (χ2v) is 5.07. The van der Waals surface area contributed by atoms with Crippen LogP contribution in [0.2, 0.25) is 0 Å². The molecule has 0 radical (unpaired) electrons. The van der Waals surface area contributed by atoms with Gasteiger partial charge in [0.2, 0.25) is 11.9 Å². The molecule has 1 saturated heterocycles. The van der Waals surface area contributed by atoms with Gasteiger partial charge in [-0.3, -0.25) is 5.43 Å². The van der Waals surface area contributed by atoms with Crippen LogP contribution in [0.5, 0.6) is 0 Å². The molecule has 1 aromatic heterocycles. The first-order valence-electron chi connectivity index (χ1n) is 7.39. The van der Waals surface area contributed by atoms with Crippen molar-refractivity contribution in [1.82, 2.24) is 20.4 Å². The Morgan fingerprint density at radius 1 is 1.09 bits per heavy atom. The normalized spacial score (nSPS) is 14.9. The van der Waals surface area contributed by atoms with Crippen molar-refractivity contribution in [2.24, 2.45) is 0 Å². The molecule has 0 aliphatic carbocycles. The van der Waals surface area contributed by atoms with Crippen molar-refractivity contribution in [3.8, 4) is 0 Å². The standard InChI is InChI=1S/C15H20N6O/c1-12-17-14(20-16-11-13-5-3-2-4-6-13)19-15(18-12)21-7-9-22-10-8-21/h2-6,16H,7-11H2,1H3,(H,17,18,19,20). The van der Waals surface area contributed by atoms with Gasteiger partial charge in [0.25, 0.3) is 0 Å². The van der Waals surface area contributed by atoms with Gasteiger partial charge in [-0.05, 0) is 12.5 Å². The summed E-state index contributed by atoms with van der Waals surface area (Å²) in [7, 11) is 0. The van der Waals surface area contributed by atoms with Gasteiger partial charge in [0.05, 0.1) is 13.2 Å².